The van der Waals surface area contributed by atoms with E-state index in [0.29, 0.717) is 0 Å². The first-order valence-electron chi connectivity index (χ1n) is 7.91. The number of esters is 1. The molecule has 1 heterocycles. The molecule has 0 aliphatic carbocycles. The molecule has 1 unspecified atom stereocenters. The molecular weight excluding hydrogens is 268 g/mol. The number of methoxy groups -OCH3 is 1. The van der Waals surface area contributed by atoms with Crippen LogP contribution in [0.5, 0.6) is 0 Å². The van der Waals surface area contributed by atoms with Crippen molar-refractivity contribution in [1.82, 2.24) is 10.2 Å². The Balaban J connectivity index is 2.48. The zero-order valence-corrected chi connectivity index (χ0v) is 14.5. The lowest BCUT2D eigenvalue weighted by molar-refractivity contribution is -0.148. The van der Waals surface area contributed by atoms with Crippen molar-refractivity contribution in [3.8, 4) is 0 Å². The maximum Gasteiger partial charge on any atom is 0.325 e. The predicted octanol–water partition coefficient (Wildman–Crippen LogP) is 1.81. The average molecular weight is 300 g/mol. The molecule has 0 radical (unpaired) electrons. The van der Waals surface area contributed by atoms with Gasteiger partial charge in [-0.1, -0.05) is 0 Å². The van der Waals surface area contributed by atoms with Crippen molar-refractivity contribution in [3.63, 3.8) is 0 Å². The van der Waals surface area contributed by atoms with Gasteiger partial charge in [0.25, 0.3) is 0 Å². The van der Waals surface area contributed by atoms with Gasteiger partial charge in [0, 0.05) is 19.1 Å². The number of carbonyl (C=O) groups is 1. The molecule has 1 atom stereocenters. The van der Waals surface area contributed by atoms with Gasteiger partial charge in [0.15, 0.2) is 0 Å². The second-order valence-corrected chi connectivity index (χ2v) is 7.11. The topological polar surface area (TPSA) is 50.8 Å². The van der Waals surface area contributed by atoms with E-state index in [0.717, 1.165) is 39.1 Å². The molecule has 1 aliphatic rings. The van der Waals surface area contributed by atoms with E-state index in [-0.39, 0.29) is 17.6 Å². The first kappa shape index (κ1) is 18.4. The van der Waals surface area contributed by atoms with Gasteiger partial charge < -0.3 is 9.47 Å². The van der Waals surface area contributed by atoms with Gasteiger partial charge in [0.05, 0.1) is 19.3 Å². The summed E-state index contributed by atoms with van der Waals surface area (Å²) in [7, 11) is 1.45. The molecule has 124 valence electrons. The number of carbonyl (C=O) groups excluding carboxylic acids is 1. The largest absolute Gasteiger partial charge is 0.468 e. The summed E-state index contributed by atoms with van der Waals surface area (Å²) in [5, 5.41) is 3.34. The molecule has 1 saturated heterocycles. The highest BCUT2D eigenvalue weighted by atomic mass is 16.5. The highest BCUT2D eigenvalue weighted by Crippen LogP contribution is 2.19. The summed E-state index contributed by atoms with van der Waals surface area (Å²) in [6.45, 7) is 14.0. The number of nitrogens with zero attached hydrogens (tertiary/aromatic N) is 1. The summed E-state index contributed by atoms with van der Waals surface area (Å²) in [4.78, 5) is 14.4. The summed E-state index contributed by atoms with van der Waals surface area (Å²) < 4.78 is 10.7. The number of rotatable bonds is 7. The zero-order valence-electron chi connectivity index (χ0n) is 14.5. The molecule has 1 aliphatic heterocycles. The van der Waals surface area contributed by atoms with Gasteiger partial charge in [-0.05, 0) is 54.0 Å². The number of ether oxygens (including phenoxy) is 2. The Morgan fingerprint density at radius 1 is 1.48 bits per heavy atom. The summed E-state index contributed by atoms with van der Waals surface area (Å²) >= 11 is 0. The fraction of sp³-hybridized carbons (Fsp3) is 0.938. The second-order valence-electron chi connectivity index (χ2n) is 7.11. The molecule has 0 bridgehead atoms. The minimum atomic E-state index is -0.606. The van der Waals surface area contributed by atoms with Crippen molar-refractivity contribution in [3.05, 3.63) is 0 Å². The van der Waals surface area contributed by atoms with Crippen molar-refractivity contribution in [2.24, 2.45) is 0 Å². The minimum absolute atomic E-state index is 0.0694. The number of morpholine rings is 1. The molecule has 1 fully saturated rings. The molecule has 21 heavy (non-hydrogen) atoms. The molecule has 0 saturated carbocycles. The lowest BCUT2D eigenvalue weighted by Crippen LogP contribution is -2.53. The van der Waals surface area contributed by atoms with Crippen molar-refractivity contribution in [2.75, 3.05) is 33.4 Å². The lowest BCUT2D eigenvalue weighted by atomic mass is 9.94. The van der Waals surface area contributed by atoms with Crippen LogP contribution in [0.1, 0.15) is 47.5 Å². The van der Waals surface area contributed by atoms with Crippen LogP contribution in [0.2, 0.25) is 0 Å². The van der Waals surface area contributed by atoms with Gasteiger partial charge in [-0.2, -0.15) is 0 Å². The molecule has 0 amide bonds. The Morgan fingerprint density at radius 2 is 2.14 bits per heavy atom. The number of hydrogen-bond donors (Lipinski definition) is 1. The normalized spacial score (nSPS) is 22.0. The minimum Gasteiger partial charge on any atom is -0.468 e. The van der Waals surface area contributed by atoms with E-state index in [9.17, 15) is 4.79 Å². The van der Waals surface area contributed by atoms with Crippen LogP contribution in [0.4, 0.5) is 0 Å². The van der Waals surface area contributed by atoms with E-state index < -0.39 is 5.54 Å². The third-order valence-electron chi connectivity index (χ3n) is 3.90. The van der Waals surface area contributed by atoms with Crippen molar-refractivity contribution in [1.29, 1.82) is 0 Å². The summed E-state index contributed by atoms with van der Waals surface area (Å²) in [6.07, 6.45) is 1.73. The molecule has 0 aromatic heterocycles. The fourth-order valence-electron chi connectivity index (χ4n) is 3.06. The lowest BCUT2D eigenvalue weighted by Gasteiger charge is -2.38. The van der Waals surface area contributed by atoms with E-state index in [1.165, 1.54) is 7.11 Å². The van der Waals surface area contributed by atoms with Crippen LogP contribution in [0.15, 0.2) is 0 Å². The van der Waals surface area contributed by atoms with Crippen LogP contribution < -0.4 is 5.32 Å². The third kappa shape index (κ3) is 5.93. The zero-order chi connectivity index (χ0) is 16.1. The number of hydrogen-bond acceptors (Lipinski definition) is 5. The van der Waals surface area contributed by atoms with Crippen molar-refractivity contribution in [2.45, 2.75) is 64.6 Å². The molecule has 1 N–H and O–H groups in total. The fourth-order valence-corrected chi connectivity index (χ4v) is 3.06. The first-order valence-corrected chi connectivity index (χ1v) is 7.91. The van der Waals surface area contributed by atoms with E-state index in [2.05, 4.69) is 24.1 Å². The maximum absolute atomic E-state index is 12.0. The van der Waals surface area contributed by atoms with E-state index >= 15 is 0 Å². The summed E-state index contributed by atoms with van der Waals surface area (Å²) in [5.74, 6) is -0.182. The Hall–Kier alpha value is -0.650. The van der Waals surface area contributed by atoms with Crippen LogP contribution in [-0.2, 0) is 14.3 Å². The Bertz CT molecular complexity index is 344. The highest BCUT2D eigenvalue weighted by Gasteiger charge is 2.34. The van der Waals surface area contributed by atoms with E-state index in [1.54, 1.807) is 0 Å². The summed E-state index contributed by atoms with van der Waals surface area (Å²) in [5.41, 5.74) is -0.676. The molecule has 1 rings (SSSR count). The van der Waals surface area contributed by atoms with Crippen LogP contribution in [0.25, 0.3) is 0 Å². The molecule has 0 aromatic carbocycles. The third-order valence-corrected chi connectivity index (χ3v) is 3.90. The second kappa shape index (κ2) is 7.56. The van der Waals surface area contributed by atoms with E-state index in [4.69, 9.17) is 9.47 Å². The van der Waals surface area contributed by atoms with Gasteiger partial charge in [-0.15, -0.1) is 0 Å². The van der Waals surface area contributed by atoms with Crippen LogP contribution in [-0.4, -0.2) is 61.4 Å². The van der Waals surface area contributed by atoms with Crippen LogP contribution in [0.3, 0.4) is 0 Å². The summed E-state index contributed by atoms with van der Waals surface area (Å²) in [6, 6.07) is 0.247. The van der Waals surface area contributed by atoms with E-state index in [1.807, 2.05) is 20.8 Å². The molecule has 0 aromatic rings. The standard InChI is InChI=1S/C16H32N2O3/c1-13(2)17-16(5,14(19)20-6)8-7-9-18-10-11-21-15(3,4)12-18/h13,17H,7-12H2,1-6H3. The first-order chi connectivity index (χ1) is 9.68. The molecule has 0 spiro atoms. The number of nitrogens with one attached hydrogen (secondary N) is 1. The predicted molar refractivity (Wildman–Crippen MR) is 84.4 cm³/mol. The average Bonchev–Trinajstić information content (AvgIpc) is 2.35. The Labute approximate surface area is 129 Å². The van der Waals surface area contributed by atoms with Crippen molar-refractivity contribution < 1.29 is 14.3 Å². The maximum atomic E-state index is 12.0. The Morgan fingerprint density at radius 3 is 2.67 bits per heavy atom. The van der Waals surface area contributed by atoms with Gasteiger partial charge in [-0.25, -0.2) is 0 Å². The van der Waals surface area contributed by atoms with Gasteiger partial charge >= 0.3 is 5.97 Å². The van der Waals surface area contributed by atoms with Crippen LogP contribution >= 0.6 is 0 Å². The molecule has 5 heteroatoms. The van der Waals surface area contributed by atoms with Crippen molar-refractivity contribution >= 4 is 5.97 Å². The van der Waals surface area contributed by atoms with Gasteiger partial charge in [0.2, 0.25) is 0 Å². The SMILES string of the molecule is COC(=O)C(C)(CCCN1CCOC(C)(C)C1)NC(C)C. The van der Waals surface area contributed by atoms with Gasteiger partial charge in [0.1, 0.15) is 5.54 Å². The monoisotopic (exact) mass is 300 g/mol. The smallest absolute Gasteiger partial charge is 0.325 e. The molecular formula is C16H32N2O3. The molecule has 5 nitrogen and oxygen atoms in total. The quantitative estimate of drug-likeness (QED) is 0.727. The van der Waals surface area contributed by atoms with Gasteiger partial charge in [-0.3, -0.25) is 15.0 Å². The highest BCUT2D eigenvalue weighted by molar-refractivity contribution is 5.80. The Kier molecular flexibility index (Phi) is 6.63. The van der Waals surface area contributed by atoms with Crippen LogP contribution in [0, 0.1) is 0 Å².